The van der Waals surface area contributed by atoms with E-state index in [4.69, 9.17) is 4.98 Å². The second kappa shape index (κ2) is 8.38. The Bertz CT molecular complexity index is 854. The average molecular weight is 408 g/mol. The van der Waals surface area contributed by atoms with Gasteiger partial charge in [0.2, 0.25) is 5.95 Å². The predicted octanol–water partition coefficient (Wildman–Crippen LogP) is 3.53. The number of fused-ring (bicyclic) bond motifs is 1. The highest BCUT2D eigenvalue weighted by molar-refractivity contribution is 5.60. The van der Waals surface area contributed by atoms with E-state index in [0.717, 1.165) is 44.4 Å². The molecule has 3 aliphatic rings. The lowest BCUT2D eigenvalue weighted by Gasteiger charge is -2.29. The maximum Gasteiger partial charge on any atom is 0.230 e. The van der Waals surface area contributed by atoms with Crippen LogP contribution in [0.15, 0.2) is 24.5 Å². The van der Waals surface area contributed by atoms with Crippen molar-refractivity contribution in [2.75, 3.05) is 47.8 Å². The minimum atomic E-state index is 0.520. The second-order valence-electron chi connectivity index (χ2n) is 9.18. The van der Waals surface area contributed by atoms with Crippen molar-refractivity contribution in [3.63, 3.8) is 0 Å². The molecule has 2 fully saturated rings. The van der Waals surface area contributed by atoms with Gasteiger partial charge in [0.15, 0.2) is 0 Å². The van der Waals surface area contributed by atoms with Crippen LogP contribution >= 0.6 is 0 Å². The van der Waals surface area contributed by atoms with Crippen LogP contribution in [0.3, 0.4) is 0 Å². The van der Waals surface area contributed by atoms with Crippen LogP contribution in [0.2, 0.25) is 0 Å². The molecule has 1 aliphatic carbocycles. The first-order valence-electron chi connectivity index (χ1n) is 11.5. The average Bonchev–Trinajstić information content (AvgIpc) is 3.42. The molecule has 2 aromatic rings. The molecule has 1 saturated carbocycles. The highest BCUT2D eigenvalue weighted by Gasteiger charge is 2.37. The van der Waals surface area contributed by atoms with Crippen molar-refractivity contribution < 1.29 is 0 Å². The van der Waals surface area contributed by atoms with Gasteiger partial charge in [-0.2, -0.15) is 4.98 Å². The van der Waals surface area contributed by atoms with E-state index in [1.165, 1.54) is 36.9 Å². The lowest BCUT2D eigenvalue weighted by atomic mass is 9.92. The van der Waals surface area contributed by atoms with Crippen LogP contribution in [0.25, 0.3) is 0 Å². The number of hydrogen-bond acceptors (Lipinski definition) is 7. The molecule has 5 rings (SSSR count). The van der Waals surface area contributed by atoms with E-state index in [9.17, 15) is 0 Å². The summed E-state index contributed by atoms with van der Waals surface area (Å²) in [5.41, 5.74) is 2.48. The lowest BCUT2D eigenvalue weighted by Crippen LogP contribution is -2.43. The van der Waals surface area contributed by atoms with Crippen molar-refractivity contribution in [3.05, 3.63) is 30.1 Å². The largest absolute Gasteiger partial charge is 0.368 e. The van der Waals surface area contributed by atoms with Crippen LogP contribution < -0.4 is 20.4 Å². The van der Waals surface area contributed by atoms with E-state index in [2.05, 4.69) is 50.3 Å². The standard InChI is InChI=1S/C23H33N7/c1-16(2)20-15-30(17-5-3-4-6-17)22-19(20)14-26-23(28-22)27-21-8-7-18(13-25-21)29-11-9-24-10-12-29/h7-8,13-14,16-17,20,24H,3-6,9-12,15H2,1-2H3,(H,25,26,27,28). The summed E-state index contributed by atoms with van der Waals surface area (Å²) < 4.78 is 0. The Kier molecular flexibility index (Phi) is 5.46. The number of nitrogens with zero attached hydrogens (tertiary/aromatic N) is 5. The van der Waals surface area contributed by atoms with Gasteiger partial charge in [-0.15, -0.1) is 0 Å². The van der Waals surface area contributed by atoms with Crippen molar-refractivity contribution in [1.29, 1.82) is 0 Å². The molecular formula is C23H33N7. The zero-order valence-corrected chi connectivity index (χ0v) is 18.1. The second-order valence-corrected chi connectivity index (χ2v) is 9.18. The van der Waals surface area contributed by atoms with Crippen molar-refractivity contribution in [3.8, 4) is 0 Å². The number of piperazine rings is 1. The molecule has 4 heterocycles. The van der Waals surface area contributed by atoms with Gasteiger partial charge in [0, 0.05) is 56.4 Å². The Hall–Kier alpha value is -2.41. The number of rotatable bonds is 5. The summed E-state index contributed by atoms with van der Waals surface area (Å²) in [6, 6.07) is 4.79. The van der Waals surface area contributed by atoms with Crippen LogP contribution in [0.5, 0.6) is 0 Å². The third kappa shape index (κ3) is 3.83. The first-order chi connectivity index (χ1) is 14.7. The zero-order chi connectivity index (χ0) is 20.5. The Morgan fingerprint density at radius 3 is 2.57 bits per heavy atom. The highest BCUT2D eigenvalue weighted by Crippen LogP contribution is 2.42. The molecule has 0 aromatic carbocycles. The fourth-order valence-corrected chi connectivity index (χ4v) is 5.12. The van der Waals surface area contributed by atoms with E-state index in [1.807, 2.05) is 18.5 Å². The Labute approximate surface area is 179 Å². The quantitative estimate of drug-likeness (QED) is 0.786. The summed E-state index contributed by atoms with van der Waals surface area (Å²) in [6.45, 7) is 9.79. The topological polar surface area (TPSA) is 69.2 Å². The van der Waals surface area contributed by atoms with Crippen molar-refractivity contribution >= 4 is 23.3 Å². The van der Waals surface area contributed by atoms with Crippen LogP contribution in [-0.2, 0) is 0 Å². The number of aromatic nitrogens is 3. The van der Waals surface area contributed by atoms with Crippen LogP contribution in [0.4, 0.5) is 23.3 Å². The summed E-state index contributed by atoms with van der Waals surface area (Å²) >= 11 is 0. The third-order valence-corrected chi connectivity index (χ3v) is 6.90. The maximum absolute atomic E-state index is 4.96. The van der Waals surface area contributed by atoms with Gasteiger partial charge in [-0.05, 0) is 30.9 Å². The van der Waals surface area contributed by atoms with Crippen molar-refractivity contribution in [1.82, 2.24) is 20.3 Å². The number of anilines is 4. The van der Waals surface area contributed by atoms with Gasteiger partial charge in [0.25, 0.3) is 0 Å². The van der Waals surface area contributed by atoms with E-state index < -0.39 is 0 Å². The van der Waals surface area contributed by atoms with Crippen molar-refractivity contribution in [2.24, 2.45) is 5.92 Å². The van der Waals surface area contributed by atoms with E-state index >= 15 is 0 Å². The minimum absolute atomic E-state index is 0.520. The molecule has 2 aromatic heterocycles. The van der Waals surface area contributed by atoms with Gasteiger partial charge in [0.1, 0.15) is 11.6 Å². The van der Waals surface area contributed by atoms with Crippen molar-refractivity contribution in [2.45, 2.75) is 51.5 Å². The molecule has 2 aliphatic heterocycles. The van der Waals surface area contributed by atoms with Gasteiger partial charge in [0.05, 0.1) is 11.9 Å². The van der Waals surface area contributed by atoms with Gasteiger partial charge >= 0.3 is 0 Å². The Balaban J connectivity index is 1.35. The molecular weight excluding hydrogens is 374 g/mol. The first kappa shape index (κ1) is 19.5. The fraction of sp³-hybridized carbons (Fsp3) is 0.609. The van der Waals surface area contributed by atoms with Gasteiger partial charge in [-0.25, -0.2) is 9.97 Å². The molecule has 2 N–H and O–H groups in total. The maximum atomic E-state index is 4.96. The summed E-state index contributed by atoms with van der Waals surface area (Å²) in [5, 5.41) is 6.72. The first-order valence-corrected chi connectivity index (χ1v) is 11.5. The number of hydrogen-bond donors (Lipinski definition) is 2. The Morgan fingerprint density at radius 1 is 1.07 bits per heavy atom. The highest BCUT2D eigenvalue weighted by atomic mass is 15.3. The summed E-state index contributed by atoms with van der Waals surface area (Å²) in [6.07, 6.45) is 9.23. The molecule has 1 saturated heterocycles. The molecule has 7 nitrogen and oxygen atoms in total. The van der Waals surface area contributed by atoms with E-state index in [-0.39, 0.29) is 0 Å². The van der Waals surface area contributed by atoms with Gasteiger partial charge < -0.3 is 20.4 Å². The molecule has 30 heavy (non-hydrogen) atoms. The Morgan fingerprint density at radius 2 is 1.87 bits per heavy atom. The number of pyridine rings is 1. The summed E-state index contributed by atoms with van der Waals surface area (Å²) in [4.78, 5) is 19.1. The van der Waals surface area contributed by atoms with Gasteiger partial charge in [-0.3, -0.25) is 0 Å². The SMILES string of the molecule is CC(C)C1CN(C2CCCC2)c2nc(Nc3ccc(N4CCNCC4)cn3)ncc21. The molecule has 0 spiro atoms. The van der Waals surface area contributed by atoms with Crippen LogP contribution in [0.1, 0.15) is 51.0 Å². The monoisotopic (exact) mass is 407 g/mol. The summed E-state index contributed by atoms with van der Waals surface area (Å²) in [5.74, 6) is 3.68. The third-order valence-electron chi connectivity index (χ3n) is 6.90. The van der Waals surface area contributed by atoms with Crippen LogP contribution in [0, 0.1) is 5.92 Å². The molecule has 0 amide bonds. The fourth-order valence-electron chi connectivity index (χ4n) is 5.12. The van der Waals surface area contributed by atoms with Gasteiger partial charge in [-0.1, -0.05) is 26.7 Å². The minimum Gasteiger partial charge on any atom is -0.368 e. The zero-order valence-electron chi connectivity index (χ0n) is 18.1. The normalized spacial score (nSPS) is 22.0. The molecule has 1 atom stereocenters. The number of nitrogens with one attached hydrogen (secondary N) is 2. The molecule has 0 radical (unpaired) electrons. The van der Waals surface area contributed by atoms with E-state index in [0.29, 0.717) is 23.8 Å². The van der Waals surface area contributed by atoms with E-state index in [1.54, 1.807) is 0 Å². The smallest absolute Gasteiger partial charge is 0.230 e. The molecule has 0 bridgehead atoms. The predicted molar refractivity (Wildman–Crippen MR) is 122 cm³/mol. The van der Waals surface area contributed by atoms with Crippen LogP contribution in [-0.4, -0.2) is 53.7 Å². The molecule has 1 unspecified atom stereocenters. The lowest BCUT2D eigenvalue weighted by molar-refractivity contribution is 0.493. The molecule has 7 heteroatoms. The summed E-state index contributed by atoms with van der Waals surface area (Å²) in [7, 11) is 0. The molecule has 160 valence electrons.